The lowest BCUT2D eigenvalue weighted by atomic mass is 11.2. The zero-order valence-electron chi connectivity index (χ0n) is 2.47. The average Bonchev–Trinajstić information content (AvgIpc) is 0.811. The number of amides is 2. The summed E-state index contributed by atoms with van der Waals surface area (Å²) in [5, 5.41) is 0. The molecule has 5 heavy (non-hydrogen) atoms. The van der Waals surface area contributed by atoms with Crippen molar-refractivity contribution in [2.24, 2.45) is 11.5 Å². The molecule has 0 atom stereocenters. The van der Waals surface area contributed by atoms with Gasteiger partial charge in [0.15, 0.2) is 0 Å². The van der Waals surface area contributed by atoms with Crippen LogP contribution in [0.2, 0.25) is 0 Å². The van der Waals surface area contributed by atoms with Crippen LogP contribution < -0.4 is 11.5 Å². The third-order valence-corrected chi connectivity index (χ3v) is 0. The van der Waals surface area contributed by atoms with Crippen LogP contribution in [0.4, 0.5) is 4.79 Å². The van der Waals surface area contributed by atoms with Gasteiger partial charge in [0.1, 0.15) is 0 Å². The highest BCUT2D eigenvalue weighted by Gasteiger charge is 1.60. The molecule has 0 rings (SSSR count). The second kappa shape index (κ2) is 4.00. The van der Waals surface area contributed by atoms with Crippen LogP contribution in [0.3, 0.4) is 0 Å². The van der Waals surface area contributed by atoms with E-state index in [4.69, 9.17) is 4.79 Å². The first kappa shape index (κ1) is 8.89. The van der Waals surface area contributed by atoms with Gasteiger partial charge in [-0.15, -0.1) is 24.0 Å². The van der Waals surface area contributed by atoms with Gasteiger partial charge in [-0.2, -0.15) is 0 Å². The Bertz CT molecular complexity index is 32.6. The molecule has 0 saturated heterocycles. The molecule has 0 aliphatic heterocycles. The summed E-state index contributed by atoms with van der Waals surface area (Å²) >= 11 is 0. The monoisotopic (exact) mass is 188 g/mol. The molecule has 0 aromatic rings. The number of rotatable bonds is 0. The molecule has 0 aromatic heterocycles. The first-order valence-corrected chi connectivity index (χ1v) is 0.781. The first-order valence-electron chi connectivity index (χ1n) is 0.781. The van der Waals surface area contributed by atoms with Crippen molar-refractivity contribution in [1.82, 2.24) is 0 Å². The van der Waals surface area contributed by atoms with Gasteiger partial charge in [-0.3, -0.25) is 0 Å². The molecular weight excluding hydrogens is 183 g/mol. The van der Waals surface area contributed by atoms with Crippen LogP contribution in [0, 0.1) is 0 Å². The number of hydrogen-bond acceptors (Lipinski definition) is 1. The molecule has 0 saturated carbocycles. The second-order valence-corrected chi connectivity index (χ2v) is 0.402. The summed E-state index contributed by atoms with van der Waals surface area (Å²) in [4.78, 5) is 9.00. The minimum Gasteiger partial charge on any atom is -0.352 e. The summed E-state index contributed by atoms with van der Waals surface area (Å²) in [7, 11) is 0. The largest absolute Gasteiger partial charge is 0.352 e. The zero-order valence-corrected chi connectivity index (χ0v) is 4.80. The molecule has 0 aliphatic rings. The van der Waals surface area contributed by atoms with Gasteiger partial charge >= 0.3 is 6.03 Å². The average molecular weight is 188 g/mol. The summed E-state index contributed by atoms with van der Waals surface area (Å²) in [6, 6.07) is -0.833. The maximum atomic E-state index is 9.00. The van der Waals surface area contributed by atoms with Crippen LogP contribution in [-0.2, 0) is 0 Å². The molecule has 0 aliphatic carbocycles. The molecule has 0 bridgehead atoms. The van der Waals surface area contributed by atoms with E-state index in [1.165, 1.54) is 0 Å². The first-order chi connectivity index (χ1) is 1.73. The Kier molecular flexibility index (Phi) is 7.11. The second-order valence-electron chi connectivity index (χ2n) is 0.402. The van der Waals surface area contributed by atoms with E-state index in [2.05, 4.69) is 11.5 Å². The SMILES string of the molecule is I.NC(N)=O. The summed E-state index contributed by atoms with van der Waals surface area (Å²) in [6.07, 6.45) is 0. The number of hydrogen-bond donors (Lipinski definition) is 2. The standard InChI is InChI=1S/CH4N2O.HI/c2-1(3)4;/h(H4,2,3,4);1H. The molecule has 0 heterocycles. The van der Waals surface area contributed by atoms with Crippen molar-refractivity contribution in [2.75, 3.05) is 0 Å². The topological polar surface area (TPSA) is 69.1 Å². The number of primary amides is 2. The fraction of sp³-hybridized carbons (Fsp3) is 0. The smallest absolute Gasteiger partial charge is 0.309 e. The molecule has 0 aromatic carbocycles. The Labute approximate surface area is 46.7 Å². The summed E-state index contributed by atoms with van der Waals surface area (Å²) in [5.74, 6) is 0. The van der Waals surface area contributed by atoms with E-state index in [0.717, 1.165) is 0 Å². The molecule has 0 unspecified atom stereocenters. The predicted octanol–water partition coefficient (Wildman–Crippen LogP) is -0.358. The van der Waals surface area contributed by atoms with Gasteiger partial charge < -0.3 is 11.5 Å². The maximum absolute atomic E-state index is 9.00. The van der Waals surface area contributed by atoms with E-state index < -0.39 is 6.03 Å². The fourth-order valence-electron chi connectivity index (χ4n) is 0. The van der Waals surface area contributed by atoms with Crippen molar-refractivity contribution in [3.05, 3.63) is 0 Å². The van der Waals surface area contributed by atoms with Crippen molar-refractivity contribution in [3.8, 4) is 0 Å². The van der Waals surface area contributed by atoms with Crippen LogP contribution in [-0.4, -0.2) is 6.03 Å². The van der Waals surface area contributed by atoms with Gasteiger partial charge in [0.05, 0.1) is 0 Å². The molecule has 3 nitrogen and oxygen atoms in total. The van der Waals surface area contributed by atoms with Crippen LogP contribution in [0.25, 0.3) is 0 Å². The molecule has 4 N–H and O–H groups in total. The Morgan fingerprint density at radius 1 is 1.40 bits per heavy atom. The van der Waals surface area contributed by atoms with Gasteiger partial charge in [-0.1, -0.05) is 0 Å². The van der Waals surface area contributed by atoms with Gasteiger partial charge in [0.25, 0.3) is 0 Å². The minimum absolute atomic E-state index is 0. The molecule has 0 spiro atoms. The van der Waals surface area contributed by atoms with Crippen molar-refractivity contribution < 1.29 is 4.79 Å². The maximum Gasteiger partial charge on any atom is 0.309 e. The van der Waals surface area contributed by atoms with E-state index in [1.54, 1.807) is 0 Å². The normalized spacial score (nSPS) is 4.80. The van der Waals surface area contributed by atoms with Gasteiger partial charge in [0.2, 0.25) is 0 Å². The van der Waals surface area contributed by atoms with E-state index >= 15 is 0 Å². The van der Waals surface area contributed by atoms with Crippen LogP contribution in [0.1, 0.15) is 0 Å². The van der Waals surface area contributed by atoms with Crippen LogP contribution in [0.15, 0.2) is 0 Å². The van der Waals surface area contributed by atoms with Crippen molar-refractivity contribution in [1.29, 1.82) is 0 Å². The van der Waals surface area contributed by atoms with E-state index in [9.17, 15) is 0 Å². The van der Waals surface area contributed by atoms with Crippen LogP contribution in [0.5, 0.6) is 0 Å². The molecule has 0 fully saturated rings. The van der Waals surface area contributed by atoms with Gasteiger partial charge in [-0.05, 0) is 0 Å². The number of nitrogens with two attached hydrogens (primary N) is 2. The zero-order chi connectivity index (χ0) is 3.58. The summed E-state index contributed by atoms with van der Waals surface area (Å²) < 4.78 is 0. The third-order valence-electron chi connectivity index (χ3n) is 0. The van der Waals surface area contributed by atoms with Crippen molar-refractivity contribution in [2.45, 2.75) is 0 Å². The van der Waals surface area contributed by atoms with E-state index in [1.807, 2.05) is 0 Å². The summed E-state index contributed by atoms with van der Waals surface area (Å²) in [6.45, 7) is 0. The fourth-order valence-corrected chi connectivity index (χ4v) is 0. The molecule has 2 amide bonds. The highest BCUT2D eigenvalue weighted by Crippen LogP contribution is 1.25. The Hall–Kier alpha value is 0. The molecule has 4 heteroatoms. The van der Waals surface area contributed by atoms with E-state index in [-0.39, 0.29) is 24.0 Å². The highest BCUT2D eigenvalue weighted by atomic mass is 127. The number of urea groups is 1. The molecular formula is CH5IN2O. The number of carbonyl (C=O) groups excluding carboxylic acids is 1. The van der Waals surface area contributed by atoms with Crippen molar-refractivity contribution in [3.63, 3.8) is 0 Å². The Balaban J connectivity index is 0. The molecule has 32 valence electrons. The number of carbonyl (C=O) groups is 1. The minimum atomic E-state index is -0.833. The van der Waals surface area contributed by atoms with Crippen molar-refractivity contribution >= 4 is 30.0 Å². The molecule has 0 radical (unpaired) electrons. The lowest BCUT2D eigenvalue weighted by Gasteiger charge is -1.62. The third kappa shape index (κ3) is 0. The Morgan fingerprint density at radius 3 is 1.40 bits per heavy atom. The number of halogens is 1. The van der Waals surface area contributed by atoms with Gasteiger partial charge in [0, 0.05) is 0 Å². The van der Waals surface area contributed by atoms with Crippen LogP contribution >= 0.6 is 24.0 Å². The highest BCUT2D eigenvalue weighted by molar-refractivity contribution is 14.0. The lowest BCUT2D eigenvalue weighted by Crippen LogP contribution is -2.18. The predicted molar refractivity (Wildman–Crippen MR) is 29.2 cm³/mol. The quantitative estimate of drug-likeness (QED) is 0.500. The van der Waals surface area contributed by atoms with Gasteiger partial charge in [-0.25, -0.2) is 4.79 Å². The summed E-state index contributed by atoms with van der Waals surface area (Å²) in [5.41, 5.74) is 8.50. The van der Waals surface area contributed by atoms with E-state index in [0.29, 0.717) is 0 Å². The lowest BCUT2D eigenvalue weighted by molar-refractivity contribution is 0.256. The Morgan fingerprint density at radius 2 is 1.40 bits per heavy atom.